The number of halogens is 1. The monoisotopic (exact) mass is 284 g/mol. The number of aliphatic hydroxyl groups excluding tert-OH is 1. The Hall–Kier alpha value is 0.650. The van der Waals surface area contributed by atoms with Crippen molar-refractivity contribution >= 4 is 22.6 Å². The standard InChI is InChI=1S/C9H17IO2/c1-3-4-5-7-8(10)9(11)6(2)12-7/h6-9,11H,3-5H2,1-2H3/t6-,7-,8-,9+/m0/s1. The maximum Gasteiger partial charge on any atom is 0.0941 e. The molecule has 0 radical (unpaired) electrons. The highest BCUT2D eigenvalue weighted by atomic mass is 127. The van der Waals surface area contributed by atoms with Crippen molar-refractivity contribution in [3.63, 3.8) is 0 Å². The molecule has 4 atom stereocenters. The van der Waals surface area contributed by atoms with Crippen LogP contribution in [0.5, 0.6) is 0 Å². The van der Waals surface area contributed by atoms with E-state index in [-0.39, 0.29) is 22.2 Å². The van der Waals surface area contributed by atoms with Crippen LogP contribution in [0.25, 0.3) is 0 Å². The topological polar surface area (TPSA) is 29.5 Å². The highest BCUT2D eigenvalue weighted by Crippen LogP contribution is 2.30. The van der Waals surface area contributed by atoms with Crippen molar-refractivity contribution in [2.75, 3.05) is 0 Å². The number of hydrogen-bond acceptors (Lipinski definition) is 2. The Morgan fingerprint density at radius 2 is 2.17 bits per heavy atom. The van der Waals surface area contributed by atoms with Crippen molar-refractivity contribution in [2.45, 2.75) is 55.3 Å². The predicted molar refractivity (Wildman–Crippen MR) is 57.7 cm³/mol. The molecule has 2 nitrogen and oxygen atoms in total. The number of hydrogen-bond donors (Lipinski definition) is 1. The minimum Gasteiger partial charge on any atom is -0.389 e. The Morgan fingerprint density at radius 1 is 1.50 bits per heavy atom. The Bertz CT molecular complexity index is 140. The van der Waals surface area contributed by atoms with Gasteiger partial charge in [0.15, 0.2) is 0 Å². The fourth-order valence-electron chi connectivity index (χ4n) is 1.54. The van der Waals surface area contributed by atoms with Gasteiger partial charge in [-0.05, 0) is 13.3 Å². The Labute approximate surface area is 87.8 Å². The van der Waals surface area contributed by atoms with Crippen LogP contribution in [0.15, 0.2) is 0 Å². The van der Waals surface area contributed by atoms with Crippen molar-refractivity contribution in [3.8, 4) is 0 Å². The third kappa shape index (κ3) is 2.33. The maximum absolute atomic E-state index is 9.60. The second-order valence-electron chi connectivity index (χ2n) is 3.46. The Balaban J connectivity index is 2.36. The molecule has 0 aromatic carbocycles. The van der Waals surface area contributed by atoms with Gasteiger partial charge in [0.05, 0.1) is 22.2 Å². The van der Waals surface area contributed by atoms with Crippen LogP contribution in [0.1, 0.15) is 33.1 Å². The van der Waals surface area contributed by atoms with Crippen LogP contribution in [-0.2, 0) is 4.74 Å². The average molecular weight is 284 g/mol. The molecule has 0 spiro atoms. The third-order valence-corrected chi connectivity index (χ3v) is 3.93. The number of alkyl halides is 1. The summed E-state index contributed by atoms with van der Waals surface area (Å²) in [7, 11) is 0. The molecule has 3 heteroatoms. The van der Waals surface area contributed by atoms with E-state index in [1.807, 2.05) is 6.92 Å². The van der Waals surface area contributed by atoms with Gasteiger partial charge in [-0.15, -0.1) is 0 Å². The Kier molecular flexibility index (Phi) is 4.26. The van der Waals surface area contributed by atoms with E-state index < -0.39 is 0 Å². The first-order chi connectivity index (χ1) is 5.66. The smallest absolute Gasteiger partial charge is 0.0941 e. The lowest BCUT2D eigenvalue weighted by atomic mass is 10.1. The molecular formula is C9H17IO2. The van der Waals surface area contributed by atoms with Crippen LogP contribution in [0, 0.1) is 0 Å². The molecule has 0 saturated carbocycles. The van der Waals surface area contributed by atoms with Crippen molar-refractivity contribution in [1.29, 1.82) is 0 Å². The largest absolute Gasteiger partial charge is 0.389 e. The van der Waals surface area contributed by atoms with E-state index in [1.165, 1.54) is 12.8 Å². The Morgan fingerprint density at radius 3 is 2.58 bits per heavy atom. The highest BCUT2D eigenvalue weighted by molar-refractivity contribution is 14.1. The zero-order valence-corrected chi connectivity index (χ0v) is 9.82. The van der Waals surface area contributed by atoms with Crippen LogP contribution in [0.3, 0.4) is 0 Å². The number of rotatable bonds is 3. The van der Waals surface area contributed by atoms with Crippen molar-refractivity contribution in [2.24, 2.45) is 0 Å². The van der Waals surface area contributed by atoms with E-state index in [1.54, 1.807) is 0 Å². The molecule has 1 aliphatic rings. The quantitative estimate of drug-likeness (QED) is 0.635. The molecule has 1 aliphatic heterocycles. The van der Waals surface area contributed by atoms with Crippen LogP contribution < -0.4 is 0 Å². The van der Waals surface area contributed by atoms with Gasteiger partial charge in [-0.1, -0.05) is 42.4 Å². The van der Waals surface area contributed by atoms with Gasteiger partial charge in [-0.3, -0.25) is 0 Å². The van der Waals surface area contributed by atoms with Crippen molar-refractivity contribution < 1.29 is 9.84 Å². The summed E-state index contributed by atoms with van der Waals surface area (Å²) in [5.74, 6) is 0. The SMILES string of the molecule is CCCC[C@@H]1O[C@@H](C)[C@@H](O)[C@H]1I. The third-order valence-electron chi connectivity index (χ3n) is 2.39. The fraction of sp³-hybridized carbons (Fsp3) is 1.00. The molecular weight excluding hydrogens is 267 g/mol. The molecule has 0 unspecified atom stereocenters. The molecule has 0 aromatic heterocycles. The van der Waals surface area contributed by atoms with Gasteiger partial charge in [-0.2, -0.15) is 0 Å². The van der Waals surface area contributed by atoms with Gasteiger partial charge in [-0.25, -0.2) is 0 Å². The summed E-state index contributed by atoms with van der Waals surface area (Å²) in [5.41, 5.74) is 0. The summed E-state index contributed by atoms with van der Waals surface area (Å²) in [5, 5.41) is 9.60. The van der Waals surface area contributed by atoms with E-state index >= 15 is 0 Å². The van der Waals surface area contributed by atoms with Crippen molar-refractivity contribution in [1.82, 2.24) is 0 Å². The number of aliphatic hydroxyl groups is 1. The van der Waals surface area contributed by atoms with E-state index in [0.717, 1.165) is 6.42 Å². The summed E-state index contributed by atoms with van der Waals surface area (Å²) in [6, 6.07) is 0. The molecule has 0 amide bonds. The van der Waals surface area contributed by atoms with Gasteiger partial charge < -0.3 is 9.84 Å². The molecule has 1 saturated heterocycles. The van der Waals surface area contributed by atoms with Gasteiger partial charge in [0, 0.05) is 0 Å². The molecule has 0 aliphatic carbocycles. The molecule has 1 N–H and O–H groups in total. The lowest BCUT2D eigenvalue weighted by molar-refractivity contribution is 0.0189. The molecule has 1 fully saturated rings. The summed E-state index contributed by atoms with van der Waals surface area (Å²) in [4.78, 5) is 0. The zero-order valence-electron chi connectivity index (χ0n) is 7.66. The summed E-state index contributed by atoms with van der Waals surface area (Å²) in [6.45, 7) is 4.12. The molecule has 72 valence electrons. The van der Waals surface area contributed by atoms with Crippen LogP contribution in [0.4, 0.5) is 0 Å². The second kappa shape index (κ2) is 4.77. The van der Waals surface area contributed by atoms with Crippen molar-refractivity contribution in [3.05, 3.63) is 0 Å². The first-order valence-electron chi connectivity index (χ1n) is 4.64. The van der Waals surface area contributed by atoms with Gasteiger partial charge >= 0.3 is 0 Å². The van der Waals surface area contributed by atoms with Gasteiger partial charge in [0.2, 0.25) is 0 Å². The molecule has 1 rings (SSSR count). The predicted octanol–water partition coefficient (Wildman–Crippen LogP) is 2.13. The lowest BCUT2D eigenvalue weighted by Gasteiger charge is -2.12. The van der Waals surface area contributed by atoms with E-state index in [0.29, 0.717) is 0 Å². The summed E-state index contributed by atoms with van der Waals surface area (Å²) >= 11 is 2.30. The van der Waals surface area contributed by atoms with E-state index in [4.69, 9.17) is 4.74 Å². The van der Waals surface area contributed by atoms with E-state index in [9.17, 15) is 5.11 Å². The summed E-state index contributed by atoms with van der Waals surface area (Å²) < 4.78 is 5.91. The fourth-order valence-corrected chi connectivity index (χ4v) is 2.66. The molecule has 12 heavy (non-hydrogen) atoms. The highest BCUT2D eigenvalue weighted by Gasteiger charge is 2.38. The number of unbranched alkanes of at least 4 members (excludes halogenated alkanes) is 1. The lowest BCUT2D eigenvalue weighted by Crippen LogP contribution is -2.26. The molecule has 0 aromatic rings. The zero-order chi connectivity index (χ0) is 9.14. The first-order valence-corrected chi connectivity index (χ1v) is 5.89. The van der Waals surface area contributed by atoms with Gasteiger partial charge in [0.1, 0.15) is 0 Å². The minimum absolute atomic E-state index is 0.0220. The van der Waals surface area contributed by atoms with Gasteiger partial charge in [0.25, 0.3) is 0 Å². The van der Waals surface area contributed by atoms with Crippen LogP contribution >= 0.6 is 22.6 Å². The number of ether oxygens (including phenoxy) is 1. The second-order valence-corrected chi connectivity index (χ2v) is 4.90. The van der Waals surface area contributed by atoms with Crippen LogP contribution in [0.2, 0.25) is 0 Å². The first kappa shape index (κ1) is 10.7. The maximum atomic E-state index is 9.60. The molecule has 0 bridgehead atoms. The normalized spacial score (nSPS) is 42.0. The van der Waals surface area contributed by atoms with E-state index in [2.05, 4.69) is 29.5 Å². The summed E-state index contributed by atoms with van der Waals surface area (Å²) in [6.07, 6.45) is 3.51. The molecule has 1 heterocycles. The minimum atomic E-state index is -0.271. The average Bonchev–Trinajstić information content (AvgIpc) is 2.30. The van der Waals surface area contributed by atoms with Crippen LogP contribution in [-0.4, -0.2) is 27.3 Å².